The molecule has 0 saturated heterocycles. The van der Waals surface area contributed by atoms with E-state index in [0.717, 1.165) is 48.7 Å². The fourth-order valence-electron chi connectivity index (χ4n) is 4.42. The Bertz CT molecular complexity index is 1110. The summed E-state index contributed by atoms with van der Waals surface area (Å²) in [6.07, 6.45) is 0. The Hall–Kier alpha value is -2.95. The van der Waals surface area contributed by atoms with Crippen LogP contribution in [0.3, 0.4) is 0 Å². The van der Waals surface area contributed by atoms with Crippen molar-refractivity contribution in [1.82, 2.24) is 5.32 Å². The Labute approximate surface area is 263 Å². The van der Waals surface area contributed by atoms with Gasteiger partial charge in [0.05, 0.1) is 0 Å². The van der Waals surface area contributed by atoms with E-state index in [2.05, 4.69) is 85.0 Å². The fraction of sp³-hybridized carbons (Fsp3) is 0.278. The van der Waals surface area contributed by atoms with E-state index < -0.39 is 0 Å². The second-order valence-electron chi connectivity index (χ2n) is 9.98. The van der Waals surface area contributed by atoms with E-state index in [0.29, 0.717) is 0 Å². The molecular formula is C36H45HfN3-4. The maximum absolute atomic E-state index is 4.75. The average molecular weight is 698 g/mol. The molecule has 0 aromatic heterocycles. The van der Waals surface area contributed by atoms with Gasteiger partial charge in [-0.15, -0.1) is 48.7 Å². The van der Waals surface area contributed by atoms with Crippen LogP contribution < -0.4 is 5.32 Å². The molecule has 1 N–H and O–H groups in total. The van der Waals surface area contributed by atoms with E-state index in [9.17, 15) is 0 Å². The summed E-state index contributed by atoms with van der Waals surface area (Å²) in [4.78, 5) is 0. The molecule has 4 heteroatoms. The SMILES string of the molecule is Cc1cc(C)c([N-]CCNCC[N-]c2c(C)cc(C)cc2C)c(C)c1.[CH2-]c1ccccc1.[CH2-]c1ccccc1.[Hf]. The first kappa shape index (κ1) is 35.1. The molecule has 0 atom stereocenters. The van der Waals surface area contributed by atoms with Crippen LogP contribution in [0.1, 0.15) is 44.5 Å². The third-order valence-electron chi connectivity index (χ3n) is 6.07. The molecule has 0 heterocycles. The summed E-state index contributed by atoms with van der Waals surface area (Å²) in [6.45, 7) is 23.6. The van der Waals surface area contributed by atoms with Gasteiger partial charge in [-0.1, -0.05) is 69.8 Å². The number of benzene rings is 4. The van der Waals surface area contributed by atoms with Crippen LogP contribution in [0.4, 0.5) is 11.4 Å². The van der Waals surface area contributed by atoms with Crippen molar-refractivity contribution in [2.75, 3.05) is 26.2 Å². The van der Waals surface area contributed by atoms with Gasteiger partial charge < -0.3 is 16.0 Å². The zero-order chi connectivity index (χ0) is 28.6. The Morgan fingerprint density at radius 3 is 1.07 bits per heavy atom. The van der Waals surface area contributed by atoms with Crippen LogP contribution in [0, 0.1) is 55.4 Å². The molecule has 0 bridgehead atoms. The molecule has 0 aliphatic carbocycles. The van der Waals surface area contributed by atoms with Crippen molar-refractivity contribution >= 4 is 11.4 Å². The van der Waals surface area contributed by atoms with Crippen LogP contribution in [0.2, 0.25) is 0 Å². The van der Waals surface area contributed by atoms with Gasteiger partial charge in [-0.05, 0) is 54.6 Å². The first-order chi connectivity index (χ1) is 18.7. The number of nitrogens with one attached hydrogen (secondary N) is 1. The molecule has 4 aromatic rings. The van der Waals surface area contributed by atoms with Crippen molar-refractivity contribution in [3.05, 3.63) is 154 Å². The van der Waals surface area contributed by atoms with Crippen LogP contribution in [-0.2, 0) is 25.8 Å². The summed E-state index contributed by atoms with van der Waals surface area (Å²) in [5.41, 5.74) is 12.1. The minimum absolute atomic E-state index is 0. The second-order valence-corrected chi connectivity index (χ2v) is 9.98. The fourth-order valence-corrected chi connectivity index (χ4v) is 4.42. The molecule has 3 nitrogen and oxygen atoms in total. The van der Waals surface area contributed by atoms with E-state index in [-0.39, 0.29) is 25.8 Å². The van der Waals surface area contributed by atoms with E-state index in [4.69, 9.17) is 10.6 Å². The number of hydrogen-bond acceptors (Lipinski definition) is 1. The molecule has 0 aliphatic heterocycles. The van der Waals surface area contributed by atoms with Gasteiger partial charge in [0.1, 0.15) is 0 Å². The topological polar surface area (TPSA) is 40.2 Å². The van der Waals surface area contributed by atoms with Crippen molar-refractivity contribution in [3.8, 4) is 0 Å². The first-order valence-electron chi connectivity index (χ1n) is 13.6. The van der Waals surface area contributed by atoms with Gasteiger partial charge in [-0.25, -0.2) is 0 Å². The van der Waals surface area contributed by atoms with Crippen molar-refractivity contribution in [3.63, 3.8) is 0 Å². The van der Waals surface area contributed by atoms with Crippen molar-refractivity contribution in [1.29, 1.82) is 0 Å². The van der Waals surface area contributed by atoms with Crippen molar-refractivity contribution < 1.29 is 25.8 Å². The Morgan fingerprint density at radius 1 is 0.525 bits per heavy atom. The van der Waals surface area contributed by atoms with Gasteiger partial charge in [0.15, 0.2) is 0 Å². The average Bonchev–Trinajstić information content (AvgIpc) is 2.87. The molecule has 40 heavy (non-hydrogen) atoms. The van der Waals surface area contributed by atoms with Gasteiger partial charge >= 0.3 is 0 Å². The molecular weight excluding hydrogens is 653 g/mol. The molecule has 0 radical (unpaired) electrons. The maximum Gasteiger partial charge on any atom is 0 e. The number of hydrogen-bond donors (Lipinski definition) is 1. The van der Waals surface area contributed by atoms with Gasteiger partial charge in [0.25, 0.3) is 0 Å². The van der Waals surface area contributed by atoms with Crippen LogP contribution in [-0.4, -0.2) is 26.2 Å². The van der Waals surface area contributed by atoms with E-state index >= 15 is 0 Å². The summed E-state index contributed by atoms with van der Waals surface area (Å²) in [7, 11) is 0. The van der Waals surface area contributed by atoms with Gasteiger partial charge in [0, 0.05) is 25.8 Å². The van der Waals surface area contributed by atoms with Crippen molar-refractivity contribution in [2.24, 2.45) is 0 Å². The minimum Gasteiger partial charge on any atom is -0.683 e. The Morgan fingerprint density at radius 2 is 0.825 bits per heavy atom. The number of rotatable bonds is 8. The van der Waals surface area contributed by atoms with Gasteiger partial charge in [0.2, 0.25) is 0 Å². The molecule has 0 saturated carbocycles. The monoisotopic (exact) mass is 699 g/mol. The largest absolute Gasteiger partial charge is 0.683 e. The number of nitrogens with zero attached hydrogens (tertiary/aromatic N) is 2. The molecule has 0 unspecified atom stereocenters. The summed E-state index contributed by atoms with van der Waals surface area (Å²) in [5.74, 6) is 0. The summed E-state index contributed by atoms with van der Waals surface area (Å²) < 4.78 is 0. The standard InChI is InChI=1S/C22H31N3.2C7H7.Hf/c1-15-11-17(3)21(18(4)12-15)24-9-7-23-8-10-25-22-19(5)13-16(2)14-20(22)6;2*1-7-5-3-2-4-6-7;/h11-14,23H,7-10H2,1-6H3;2*2-6H,1H2;/q-2;2*-1;. The van der Waals surface area contributed by atoms with E-state index in [1.807, 2.05) is 60.7 Å². The van der Waals surface area contributed by atoms with E-state index in [1.54, 1.807) is 0 Å². The molecule has 0 aliphatic rings. The summed E-state index contributed by atoms with van der Waals surface area (Å²) >= 11 is 0. The zero-order valence-electron chi connectivity index (χ0n) is 25.2. The molecule has 0 fully saturated rings. The summed E-state index contributed by atoms with van der Waals surface area (Å²) in [5, 5.41) is 12.9. The predicted molar refractivity (Wildman–Crippen MR) is 172 cm³/mol. The maximum atomic E-state index is 4.75. The van der Waals surface area contributed by atoms with E-state index in [1.165, 1.54) is 33.4 Å². The third-order valence-corrected chi connectivity index (χ3v) is 6.07. The smallest absolute Gasteiger partial charge is 0 e. The predicted octanol–water partition coefficient (Wildman–Crippen LogP) is 9.57. The summed E-state index contributed by atoms with van der Waals surface area (Å²) in [6, 6.07) is 28.5. The normalized spacial score (nSPS) is 9.75. The molecule has 4 rings (SSSR count). The molecule has 4 aromatic carbocycles. The Kier molecular flexibility index (Phi) is 16.8. The zero-order valence-corrected chi connectivity index (χ0v) is 28.8. The van der Waals surface area contributed by atoms with Crippen LogP contribution in [0.5, 0.6) is 0 Å². The van der Waals surface area contributed by atoms with Crippen LogP contribution in [0.25, 0.3) is 10.6 Å². The first-order valence-corrected chi connectivity index (χ1v) is 13.6. The van der Waals surface area contributed by atoms with Crippen molar-refractivity contribution in [2.45, 2.75) is 41.5 Å². The molecule has 0 amide bonds. The molecule has 0 spiro atoms. The molecule has 212 valence electrons. The Balaban J connectivity index is 0.000000432. The number of aryl methyl sites for hydroxylation is 6. The second kappa shape index (κ2) is 19.2. The third kappa shape index (κ3) is 13.4. The minimum atomic E-state index is 0. The van der Waals surface area contributed by atoms with Crippen LogP contribution >= 0.6 is 0 Å². The van der Waals surface area contributed by atoms with Gasteiger partial charge in [-0.3, -0.25) is 0 Å². The quantitative estimate of drug-likeness (QED) is 0.111. The van der Waals surface area contributed by atoms with Crippen LogP contribution in [0.15, 0.2) is 84.9 Å². The van der Waals surface area contributed by atoms with Gasteiger partial charge in [-0.2, -0.15) is 49.2 Å².